The summed E-state index contributed by atoms with van der Waals surface area (Å²) >= 11 is 1.67. The minimum atomic E-state index is 0.343. The van der Waals surface area contributed by atoms with E-state index in [1.807, 2.05) is 19.4 Å². The van der Waals surface area contributed by atoms with Crippen LogP contribution in [-0.4, -0.2) is 30.2 Å². The van der Waals surface area contributed by atoms with Crippen LogP contribution in [0, 0.1) is 12.3 Å². The molecule has 1 aromatic carbocycles. The highest BCUT2D eigenvalue weighted by Crippen LogP contribution is 2.41. The molecule has 0 radical (unpaired) electrons. The van der Waals surface area contributed by atoms with Crippen LogP contribution in [0.2, 0.25) is 0 Å². The van der Waals surface area contributed by atoms with E-state index in [4.69, 9.17) is 4.74 Å². The molecule has 1 heterocycles. The molecule has 0 amide bonds. The van der Waals surface area contributed by atoms with Gasteiger partial charge in [-0.1, -0.05) is 42.3 Å². The zero-order valence-corrected chi connectivity index (χ0v) is 15.9. The van der Waals surface area contributed by atoms with E-state index < -0.39 is 0 Å². The van der Waals surface area contributed by atoms with E-state index in [-0.39, 0.29) is 0 Å². The summed E-state index contributed by atoms with van der Waals surface area (Å²) in [7, 11) is 1.81. The highest BCUT2D eigenvalue weighted by molar-refractivity contribution is 7.99. The van der Waals surface area contributed by atoms with Crippen LogP contribution in [0.1, 0.15) is 37.7 Å². The van der Waals surface area contributed by atoms with E-state index in [9.17, 15) is 0 Å². The van der Waals surface area contributed by atoms with Gasteiger partial charge in [-0.05, 0) is 49.8 Å². The van der Waals surface area contributed by atoms with Crippen LogP contribution in [0.3, 0.4) is 0 Å². The lowest BCUT2D eigenvalue weighted by Gasteiger charge is -2.28. The molecule has 2 aromatic rings. The molecule has 1 N–H and O–H groups in total. The summed E-state index contributed by atoms with van der Waals surface area (Å²) in [5, 5.41) is 4.37. The van der Waals surface area contributed by atoms with Crippen LogP contribution in [0.4, 0.5) is 5.95 Å². The Bertz CT molecular complexity index is 669. The van der Waals surface area contributed by atoms with E-state index in [1.54, 1.807) is 11.8 Å². The predicted octanol–water partition coefficient (Wildman–Crippen LogP) is 4.95. The summed E-state index contributed by atoms with van der Waals surface area (Å²) in [5.41, 5.74) is 1.61. The van der Waals surface area contributed by atoms with Crippen LogP contribution in [0.5, 0.6) is 0 Å². The fourth-order valence-corrected chi connectivity index (χ4v) is 4.32. The molecule has 0 aliphatic heterocycles. The maximum absolute atomic E-state index is 5.46. The summed E-state index contributed by atoms with van der Waals surface area (Å²) in [6.45, 7) is 3.85. The number of ether oxygens (including phenoxy) is 1. The SMILES string of the molecule is COCC1(CCNc2nccc(Sc3ccc(C)cc3)n2)CCCC1. The van der Waals surface area contributed by atoms with Gasteiger partial charge in [0.1, 0.15) is 5.03 Å². The van der Waals surface area contributed by atoms with Gasteiger partial charge in [0.25, 0.3) is 0 Å². The molecule has 0 bridgehead atoms. The molecule has 0 spiro atoms. The van der Waals surface area contributed by atoms with E-state index in [0.717, 1.165) is 24.6 Å². The normalized spacial score (nSPS) is 16.1. The Hall–Kier alpha value is -1.59. The molecule has 1 aliphatic carbocycles. The minimum absolute atomic E-state index is 0.343. The minimum Gasteiger partial charge on any atom is -0.384 e. The average Bonchev–Trinajstić information content (AvgIpc) is 3.06. The van der Waals surface area contributed by atoms with Crippen LogP contribution in [-0.2, 0) is 4.74 Å². The molecule has 1 saturated carbocycles. The molecular formula is C20H27N3OS. The van der Waals surface area contributed by atoms with Crippen LogP contribution < -0.4 is 5.32 Å². The third kappa shape index (κ3) is 5.19. The van der Waals surface area contributed by atoms with E-state index in [0.29, 0.717) is 11.4 Å². The summed E-state index contributed by atoms with van der Waals surface area (Å²) < 4.78 is 5.46. The highest BCUT2D eigenvalue weighted by Gasteiger charge is 2.33. The quantitative estimate of drug-likeness (QED) is 0.678. The zero-order valence-electron chi connectivity index (χ0n) is 15.1. The number of anilines is 1. The summed E-state index contributed by atoms with van der Waals surface area (Å²) in [6, 6.07) is 10.5. The number of benzene rings is 1. The Kier molecular flexibility index (Phi) is 6.32. The molecule has 4 nitrogen and oxygen atoms in total. The third-order valence-corrected chi connectivity index (χ3v) is 5.87. The number of methoxy groups -OCH3 is 1. The predicted molar refractivity (Wildman–Crippen MR) is 103 cm³/mol. The first-order valence-electron chi connectivity index (χ1n) is 9.00. The molecule has 1 fully saturated rings. The van der Waals surface area contributed by atoms with Crippen molar-refractivity contribution in [3.63, 3.8) is 0 Å². The van der Waals surface area contributed by atoms with Crippen LogP contribution in [0.25, 0.3) is 0 Å². The number of hydrogen-bond acceptors (Lipinski definition) is 5. The summed E-state index contributed by atoms with van der Waals surface area (Å²) in [5.74, 6) is 0.711. The van der Waals surface area contributed by atoms with E-state index in [2.05, 4.69) is 46.5 Å². The van der Waals surface area contributed by atoms with Gasteiger partial charge in [0, 0.05) is 24.7 Å². The van der Waals surface area contributed by atoms with Gasteiger partial charge in [-0.15, -0.1) is 0 Å². The number of nitrogens with one attached hydrogen (secondary N) is 1. The highest BCUT2D eigenvalue weighted by atomic mass is 32.2. The lowest BCUT2D eigenvalue weighted by molar-refractivity contribution is 0.0792. The molecule has 0 saturated heterocycles. The molecular weight excluding hydrogens is 330 g/mol. The molecule has 1 aliphatic rings. The van der Waals surface area contributed by atoms with Crippen molar-refractivity contribution in [3.05, 3.63) is 42.1 Å². The van der Waals surface area contributed by atoms with Crippen LogP contribution >= 0.6 is 11.8 Å². The first kappa shape index (κ1) is 18.2. The van der Waals surface area contributed by atoms with Crippen molar-refractivity contribution in [3.8, 4) is 0 Å². The van der Waals surface area contributed by atoms with E-state index in [1.165, 1.54) is 36.1 Å². The van der Waals surface area contributed by atoms with Crippen molar-refractivity contribution in [2.24, 2.45) is 5.41 Å². The molecule has 25 heavy (non-hydrogen) atoms. The summed E-state index contributed by atoms with van der Waals surface area (Å²) in [6.07, 6.45) is 8.12. The Morgan fingerprint density at radius 1 is 1.16 bits per heavy atom. The van der Waals surface area contributed by atoms with Crippen molar-refractivity contribution >= 4 is 17.7 Å². The Morgan fingerprint density at radius 2 is 1.92 bits per heavy atom. The molecule has 1 aromatic heterocycles. The van der Waals surface area contributed by atoms with Gasteiger partial charge >= 0.3 is 0 Å². The molecule has 134 valence electrons. The maximum Gasteiger partial charge on any atom is 0.223 e. The number of hydrogen-bond donors (Lipinski definition) is 1. The lowest BCUT2D eigenvalue weighted by Crippen LogP contribution is -2.26. The van der Waals surface area contributed by atoms with Gasteiger partial charge in [-0.25, -0.2) is 9.97 Å². The van der Waals surface area contributed by atoms with Crippen molar-refractivity contribution < 1.29 is 4.74 Å². The standard InChI is InChI=1S/C20H27N3OS/c1-16-5-7-17(8-6-16)25-18-9-13-21-19(23-18)22-14-12-20(15-24-2)10-3-4-11-20/h5-9,13H,3-4,10-12,14-15H2,1-2H3,(H,21,22,23). The second kappa shape index (κ2) is 8.68. The first-order valence-corrected chi connectivity index (χ1v) is 9.81. The lowest BCUT2D eigenvalue weighted by atomic mass is 9.83. The third-order valence-electron chi connectivity index (χ3n) is 4.93. The van der Waals surface area contributed by atoms with E-state index >= 15 is 0 Å². The van der Waals surface area contributed by atoms with Gasteiger partial charge in [0.05, 0.1) is 6.61 Å². The van der Waals surface area contributed by atoms with Gasteiger partial charge in [0.2, 0.25) is 5.95 Å². The van der Waals surface area contributed by atoms with Crippen LogP contribution in [0.15, 0.2) is 46.5 Å². The average molecular weight is 358 g/mol. The molecule has 3 rings (SSSR count). The fraction of sp³-hybridized carbons (Fsp3) is 0.500. The second-order valence-corrected chi connectivity index (χ2v) is 8.04. The Morgan fingerprint density at radius 3 is 2.64 bits per heavy atom. The number of nitrogens with zero attached hydrogens (tertiary/aromatic N) is 2. The largest absolute Gasteiger partial charge is 0.384 e. The van der Waals surface area contributed by atoms with Crippen molar-refractivity contribution in [2.75, 3.05) is 25.6 Å². The molecule has 0 atom stereocenters. The number of aromatic nitrogens is 2. The van der Waals surface area contributed by atoms with Gasteiger partial charge < -0.3 is 10.1 Å². The van der Waals surface area contributed by atoms with Crippen molar-refractivity contribution in [1.82, 2.24) is 9.97 Å². The molecule has 5 heteroatoms. The van der Waals surface area contributed by atoms with Gasteiger partial charge in [0.15, 0.2) is 0 Å². The fourth-order valence-electron chi connectivity index (χ4n) is 3.55. The van der Waals surface area contributed by atoms with Gasteiger partial charge in [-0.3, -0.25) is 0 Å². The number of rotatable bonds is 8. The summed E-state index contributed by atoms with van der Waals surface area (Å²) in [4.78, 5) is 10.2. The van der Waals surface area contributed by atoms with Crippen molar-refractivity contribution in [2.45, 2.75) is 48.9 Å². The number of aryl methyl sites for hydroxylation is 1. The maximum atomic E-state index is 5.46. The monoisotopic (exact) mass is 357 g/mol. The Balaban J connectivity index is 1.55. The Labute approximate surface area is 154 Å². The van der Waals surface area contributed by atoms with Crippen molar-refractivity contribution in [1.29, 1.82) is 0 Å². The smallest absolute Gasteiger partial charge is 0.223 e. The first-order chi connectivity index (χ1) is 12.2. The molecule has 0 unspecified atom stereocenters. The van der Waals surface area contributed by atoms with Gasteiger partial charge in [-0.2, -0.15) is 0 Å². The topological polar surface area (TPSA) is 47.0 Å². The zero-order chi connectivity index (χ0) is 17.5. The second-order valence-electron chi connectivity index (χ2n) is 6.95.